The van der Waals surface area contributed by atoms with Crippen molar-refractivity contribution >= 4 is 29.5 Å². The van der Waals surface area contributed by atoms with Gasteiger partial charge in [-0.15, -0.1) is 0 Å². The lowest BCUT2D eigenvalue weighted by molar-refractivity contribution is -0.145. The minimum absolute atomic E-state index is 0.152. The Morgan fingerprint density at radius 3 is 2.41 bits per heavy atom. The van der Waals surface area contributed by atoms with Crippen LogP contribution < -0.4 is 5.32 Å². The van der Waals surface area contributed by atoms with Crippen LogP contribution in [0.15, 0.2) is 0 Å². The Morgan fingerprint density at radius 1 is 1.04 bits per heavy atom. The molecule has 1 rings (SSSR count). The van der Waals surface area contributed by atoms with E-state index >= 15 is 0 Å². The van der Waals surface area contributed by atoms with Crippen LogP contribution >= 0.6 is 11.8 Å². The summed E-state index contributed by atoms with van der Waals surface area (Å²) in [4.78, 5) is 35.6. The zero-order chi connectivity index (χ0) is 19.9. The SMILES string of the molecule is CCOC(=O)CCCCSCC(NCCC(=O)C1CCCC1)C(=O)OCC. The summed E-state index contributed by atoms with van der Waals surface area (Å²) in [5.41, 5.74) is 0. The predicted molar refractivity (Wildman–Crippen MR) is 108 cm³/mol. The number of rotatable bonds is 15. The van der Waals surface area contributed by atoms with Crippen LogP contribution in [0.3, 0.4) is 0 Å². The fraction of sp³-hybridized carbons (Fsp3) is 0.850. The molecule has 0 radical (unpaired) electrons. The number of carbonyl (C=O) groups excluding carboxylic acids is 3. The number of hydrogen-bond acceptors (Lipinski definition) is 7. The third-order valence-corrected chi connectivity index (χ3v) is 5.80. The lowest BCUT2D eigenvalue weighted by Crippen LogP contribution is -2.41. The first-order chi connectivity index (χ1) is 13.1. The summed E-state index contributed by atoms with van der Waals surface area (Å²) < 4.78 is 10.0. The van der Waals surface area contributed by atoms with E-state index in [1.165, 1.54) is 0 Å². The van der Waals surface area contributed by atoms with Crippen molar-refractivity contribution in [3.63, 3.8) is 0 Å². The number of nitrogens with one attached hydrogen (secondary N) is 1. The quantitative estimate of drug-likeness (QED) is 0.333. The van der Waals surface area contributed by atoms with Crippen molar-refractivity contribution in [2.24, 2.45) is 5.92 Å². The van der Waals surface area contributed by atoms with Gasteiger partial charge in [-0.2, -0.15) is 11.8 Å². The highest BCUT2D eigenvalue weighted by atomic mass is 32.2. The van der Waals surface area contributed by atoms with E-state index in [-0.39, 0.29) is 17.9 Å². The van der Waals surface area contributed by atoms with Crippen LogP contribution in [0.5, 0.6) is 0 Å². The number of esters is 2. The van der Waals surface area contributed by atoms with Gasteiger partial charge in [-0.3, -0.25) is 14.4 Å². The van der Waals surface area contributed by atoms with Crippen LogP contribution in [0, 0.1) is 5.92 Å². The molecular formula is C20H35NO5S. The summed E-state index contributed by atoms with van der Waals surface area (Å²) in [5, 5.41) is 3.19. The second-order valence-corrected chi connectivity index (χ2v) is 7.94. The van der Waals surface area contributed by atoms with Gasteiger partial charge in [0.1, 0.15) is 11.8 Å². The van der Waals surface area contributed by atoms with Crippen LogP contribution in [0.4, 0.5) is 0 Å². The molecule has 156 valence electrons. The molecule has 27 heavy (non-hydrogen) atoms. The average Bonchev–Trinajstić information content (AvgIpc) is 3.18. The molecule has 6 nitrogen and oxygen atoms in total. The van der Waals surface area contributed by atoms with Gasteiger partial charge in [0.2, 0.25) is 0 Å². The Hall–Kier alpha value is -1.08. The Labute approximate surface area is 167 Å². The number of ether oxygens (including phenoxy) is 2. The molecule has 7 heteroatoms. The molecule has 0 aromatic carbocycles. The van der Waals surface area contributed by atoms with E-state index in [0.717, 1.165) is 44.3 Å². The molecule has 0 bridgehead atoms. The second-order valence-electron chi connectivity index (χ2n) is 6.79. The maximum absolute atomic E-state index is 12.2. The van der Waals surface area contributed by atoms with E-state index in [2.05, 4.69) is 5.32 Å². The standard InChI is InChI=1S/C20H35NO5S/c1-3-25-19(23)11-7-8-14-27-15-17(20(24)26-4-2)21-13-12-18(22)16-9-5-6-10-16/h16-17,21H,3-15H2,1-2H3. The van der Waals surface area contributed by atoms with Crippen molar-refractivity contribution in [1.29, 1.82) is 0 Å². The molecule has 0 spiro atoms. The number of thioether (sulfide) groups is 1. The molecule has 0 aromatic heterocycles. The van der Waals surface area contributed by atoms with Crippen LogP contribution in [0.2, 0.25) is 0 Å². The van der Waals surface area contributed by atoms with Crippen LogP contribution in [0.1, 0.15) is 65.2 Å². The number of Topliss-reactive ketones (excluding diaryl/α,β-unsaturated/α-hetero) is 1. The predicted octanol–water partition coefficient (Wildman–Crippen LogP) is 3.12. The van der Waals surface area contributed by atoms with Gasteiger partial charge in [0.25, 0.3) is 0 Å². The van der Waals surface area contributed by atoms with Crippen LogP contribution in [-0.2, 0) is 23.9 Å². The first-order valence-electron chi connectivity index (χ1n) is 10.2. The monoisotopic (exact) mass is 401 g/mol. The lowest BCUT2D eigenvalue weighted by Gasteiger charge is -2.17. The van der Waals surface area contributed by atoms with Gasteiger partial charge >= 0.3 is 11.9 Å². The summed E-state index contributed by atoms with van der Waals surface area (Å²) in [5.74, 6) is 1.61. The molecule has 0 aliphatic heterocycles. The molecule has 1 atom stereocenters. The first-order valence-corrected chi connectivity index (χ1v) is 11.4. The van der Waals surface area contributed by atoms with Crippen molar-refractivity contribution in [3.05, 3.63) is 0 Å². The van der Waals surface area contributed by atoms with Gasteiger partial charge in [-0.25, -0.2) is 0 Å². The Balaban J connectivity index is 2.22. The van der Waals surface area contributed by atoms with E-state index in [1.807, 2.05) is 0 Å². The van der Waals surface area contributed by atoms with Crippen LogP contribution in [-0.4, -0.2) is 55.0 Å². The first kappa shape index (κ1) is 24.0. The molecule has 0 saturated heterocycles. The van der Waals surface area contributed by atoms with Crippen LogP contribution in [0.25, 0.3) is 0 Å². The van der Waals surface area contributed by atoms with Crippen molar-refractivity contribution < 1.29 is 23.9 Å². The molecule has 1 fully saturated rings. The molecule has 1 unspecified atom stereocenters. The highest BCUT2D eigenvalue weighted by Crippen LogP contribution is 2.26. The average molecular weight is 402 g/mol. The molecule has 0 heterocycles. The molecule has 1 aliphatic rings. The maximum Gasteiger partial charge on any atom is 0.323 e. The van der Waals surface area contributed by atoms with E-state index in [0.29, 0.717) is 44.1 Å². The maximum atomic E-state index is 12.2. The van der Waals surface area contributed by atoms with Gasteiger partial charge in [-0.1, -0.05) is 12.8 Å². The summed E-state index contributed by atoms with van der Waals surface area (Å²) in [6, 6.07) is -0.392. The molecule has 0 amide bonds. The third kappa shape index (κ3) is 10.7. The summed E-state index contributed by atoms with van der Waals surface area (Å²) >= 11 is 1.66. The topological polar surface area (TPSA) is 81.7 Å². The van der Waals surface area contributed by atoms with Gasteiger partial charge in [0.15, 0.2) is 0 Å². The summed E-state index contributed by atoms with van der Waals surface area (Å²) in [6.45, 7) is 4.88. The van der Waals surface area contributed by atoms with E-state index in [4.69, 9.17) is 9.47 Å². The molecule has 1 aliphatic carbocycles. The molecule has 1 N–H and O–H groups in total. The summed E-state index contributed by atoms with van der Waals surface area (Å²) in [7, 11) is 0. The van der Waals surface area contributed by atoms with Gasteiger partial charge in [0.05, 0.1) is 13.2 Å². The molecule has 1 saturated carbocycles. The number of unbranched alkanes of at least 4 members (excludes halogenated alkanes) is 1. The van der Waals surface area contributed by atoms with Crippen molar-refractivity contribution in [3.8, 4) is 0 Å². The zero-order valence-electron chi connectivity index (χ0n) is 16.8. The van der Waals surface area contributed by atoms with E-state index in [9.17, 15) is 14.4 Å². The minimum Gasteiger partial charge on any atom is -0.466 e. The fourth-order valence-electron chi connectivity index (χ4n) is 3.18. The number of hydrogen-bond donors (Lipinski definition) is 1. The lowest BCUT2D eigenvalue weighted by atomic mass is 10.0. The Kier molecular flexibility index (Phi) is 13.2. The molecule has 0 aromatic rings. The fourth-order valence-corrected chi connectivity index (χ4v) is 4.25. The van der Waals surface area contributed by atoms with E-state index in [1.54, 1.807) is 25.6 Å². The highest BCUT2D eigenvalue weighted by Gasteiger charge is 2.23. The van der Waals surface area contributed by atoms with E-state index < -0.39 is 6.04 Å². The minimum atomic E-state index is -0.392. The Bertz CT molecular complexity index is 452. The smallest absolute Gasteiger partial charge is 0.323 e. The largest absolute Gasteiger partial charge is 0.466 e. The number of carbonyl (C=O) groups is 3. The van der Waals surface area contributed by atoms with Crippen molar-refractivity contribution in [2.45, 2.75) is 71.3 Å². The molecular weight excluding hydrogens is 366 g/mol. The summed E-state index contributed by atoms with van der Waals surface area (Å²) in [6.07, 6.45) is 6.95. The Morgan fingerprint density at radius 2 is 1.74 bits per heavy atom. The number of ketones is 1. The highest BCUT2D eigenvalue weighted by molar-refractivity contribution is 7.99. The normalized spacial score (nSPS) is 15.5. The second kappa shape index (κ2) is 14.9. The van der Waals surface area contributed by atoms with Gasteiger partial charge in [0, 0.05) is 31.1 Å². The van der Waals surface area contributed by atoms with Gasteiger partial charge < -0.3 is 14.8 Å². The van der Waals surface area contributed by atoms with Crippen molar-refractivity contribution in [1.82, 2.24) is 5.32 Å². The van der Waals surface area contributed by atoms with Gasteiger partial charge in [-0.05, 0) is 45.3 Å². The zero-order valence-corrected chi connectivity index (χ0v) is 17.6. The van der Waals surface area contributed by atoms with Crippen molar-refractivity contribution in [2.75, 3.05) is 31.3 Å². The third-order valence-electron chi connectivity index (χ3n) is 4.65.